The number of pyridine rings is 1. The number of nitrogens with one attached hydrogen (secondary N) is 3. The predicted octanol–water partition coefficient (Wildman–Crippen LogP) is 4.19. The van der Waals surface area contributed by atoms with Crippen LogP contribution in [0.3, 0.4) is 0 Å². The van der Waals surface area contributed by atoms with Gasteiger partial charge < -0.3 is 20.9 Å². The van der Waals surface area contributed by atoms with E-state index in [0.29, 0.717) is 22.8 Å². The first-order valence-corrected chi connectivity index (χ1v) is 10.8. The number of nitrogens with zero attached hydrogens (tertiary/aromatic N) is 4. The van der Waals surface area contributed by atoms with E-state index in [9.17, 15) is 8.78 Å². The van der Waals surface area contributed by atoms with Crippen molar-refractivity contribution >= 4 is 23.1 Å². The van der Waals surface area contributed by atoms with E-state index in [1.807, 2.05) is 32.9 Å². The SMILES string of the molecule is CC(C)N1c2cc(-c3nc(Nc4ccc5c(n4)CCNC5)ncc3F)cc(F)c2NC1C. The molecule has 0 radical (unpaired) electrons. The molecule has 1 aromatic carbocycles. The van der Waals surface area contributed by atoms with Gasteiger partial charge in [0.15, 0.2) is 5.82 Å². The highest BCUT2D eigenvalue weighted by Gasteiger charge is 2.31. The van der Waals surface area contributed by atoms with Gasteiger partial charge in [-0.1, -0.05) is 6.07 Å². The van der Waals surface area contributed by atoms with Gasteiger partial charge in [0.2, 0.25) is 5.95 Å². The first-order chi connectivity index (χ1) is 15.4. The third-order valence-corrected chi connectivity index (χ3v) is 5.85. The van der Waals surface area contributed by atoms with Crippen LogP contribution in [0.15, 0.2) is 30.5 Å². The maximum Gasteiger partial charge on any atom is 0.229 e. The number of hydrogen-bond acceptors (Lipinski definition) is 7. The molecule has 9 heteroatoms. The van der Waals surface area contributed by atoms with Crippen LogP contribution in [0.4, 0.5) is 31.9 Å². The molecule has 4 heterocycles. The van der Waals surface area contributed by atoms with Gasteiger partial charge >= 0.3 is 0 Å². The molecule has 0 fully saturated rings. The lowest BCUT2D eigenvalue weighted by Crippen LogP contribution is -2.38. The Kier molecular flexibility index (Phi) is 5.13. The smallest absolute Gasteiger partial charge is 0.229 e. The van der Waals surface area contributed by atoms with Crippen molar-refractivity contribution in [3.05, 3.63) is 53.4 Å². The Morgan fingerprint density at radius 1 is 1.16 bits per heavy atom. The number of hydrogen-bond donors (Lipinski definition) is 3. The molecule has 1 unspecified atom stereocenters. The summed E-state index contributed by atoms with van der Waals surface area (Å²) in [5.74, 6) is -0.261. The number of benzene rings is 1. The average molecular weight is 437 g/mol. The molecule has 0 spiro atoms. The molecule has 32 heavy (non-hydrogen) atoms. The van der Waals surface area contributed by atoms with Gasteiger partial charge in [-0.15, -0.1) is 0 Å². The Morgan fingerprint density at radius 3 is 2.81 bits per heavy atom. The van der Waals surface area contributed by atoms with Crippen molar-refractivity contribution in [2.24, 2.45) is 0 Å². The number of rotatable bonds is 4. The van der Waals surface area contributed by atoms with Crippen molar-refractivity contribution in [2.75, 3.05) is 22.1 Å². The van der Waals surface area contributed by atoms with E-state index in [2.05, 4.69) is 35.8 Å². The molecule has 5 rings (SSSR count). The van der Waals surface area contributed by atoms with Crippen LogP contribution < -0.4 is 20.9 Å². The van der Waals surface area contributed by atoms with Crippen LogP contribution in [0, 0.1) is 11.6 Å². The minimum Gasteiger partial charge on any atom is -0.361 e. The van der Waals surface area contributed by atoms with Crippen LogP contribution in [0.5, 0.6) is 0 Å². The van der Waals surface area contributed by atoms with Crippen molar-refractivity contribution in [2.45, 2.75) is 45.9 Å². The Bertz CT molecular complexity index is 1180. The van der Waals surface area contributed by atoms with Crippen LogP contribution >= 0.6 is 0 Å². The molecular formula is C23H25F2N7. The fourth-order valence-corrected chi connectivity index (χ4v) is 4.44. The number of anilines is 4. The molecule has 3 N–H and O–H groups in total. The zero-order valence-corrected chi connectivity index (χ0v) is 18.2. The van der Waals surface area contributed by atoms with Crippen LogP contribution in [0.25, 0.3) is 11.3 Å². The number of halogens is 2. The topological polar surface area (TPSA) is 78.0 Å². The Balaban J connectivity index is 1.49. The second-order valence-corrected chi connectivity index (χ2v) is 8.42. The highest BCUT2D eigenvalue weighted by Crippen LogP contribution is 2.41. The van der Waals surface area contributed by atoms with Crippen LogP contribution in [0.2, 0.25) is 0 Å². The first-order valence-electron chi connectivity index (χ1n) is 10.8. The molecule has 7 nitrogen and oxygen atoms in total. The minimum absolute atomic E-state index is 0.0367. The highest BCUT2D eigenvalue weighted by atomic mass is 19.1. The second kappa shape index (κ2) is 7.98. The van der Waals surface area contributed by atoms with E-state index in [0.717, 1.165) is 37.0 Å². The largest absolute Gasteiger partial charge is 0.361 e. The van der Waals surface area contributed by atoms with E-state index in [-0.39, 0.29) is 23.8 Å². The molecule has 2 aliphatic rings. The quantitative estimate of drug-likeness (QED) is 0.565. The summed E-state index contributed by atoms with van der Waals surface area (Å²) in [6.07, 6.45) is 1.87. The number of fused-ring (bicyclic) bond motifs is 2. The normalized spacial score (nSPS) is 17.2. The highest BCUT2D eigenvalue weighted by molar-refractivity contribution is 5.82. The molecule has 2 aliphatic heterocycles. The fourth-order valence-electron chi connectivity index (χ4n) is 4.44. The number of aromatic nitrogens is 3. The van der Waals surface area contributed by atoms with Gasteiger partial charge in [0.25, 0.3) is 0 Å². The lowest BCUT2D eigenvalue weighted by molar-refractivity contribution is 0.617. The summed E-state index contributed by atoms with van der Waals surface area (Å²) in [6, 6.07) is 7.08. The van der Waals surface area contributed by atoms with Gasteiger partial charge in [0.1, 0.15) is 17.3 Å². The van der Waals surface area contributed by atoms with Crippen molar-refractivity contribution in [3.63, 3.8) is 0 Å². The lowest BCUT2D eigenvalue weighted by Gasteiger charge is -2.28. The molecule has 0 bridgehead atoms. The summed E-state index contributed by atoms with van der Waals surface area (Å²) in [7, 11) is 0. The average Bonchev–Trinajstić information content (AvgIpc) is 3.11. The van der Waals surface area contributed by atoms with Crippen LogP contribution in [-0.2, 0) is 13.0 Å². The zero-order valence-electron chi connectivity index (χ0n) is 18.2. The maximum absolute atomic E-state index is 14.9. The molecular weight excluding hydrogens is 412 g/mol. The molecule has 0 saturated carbocycles. The van der Waals surface area contributed by atoms with E-state index in [1.54, 1.807) is 6.07 Å². The monoisotopic (exact) mass is 437 g/mol. The van der Waals surface area contributed by atoms with Crippen molar-refractivity contribution in [1.82, 2.24) is 20.3 Å². The Hall–Kier alpha value is -3.33. The van der Waals surface area contributed by atoms with Gasteiger partial charge in [-0.2, -0.15) is 0 Å². The van der Waals surface area contributed by atoms with Gasteiger partial charge in [-0.05, 0) is 44.5 Å². The van der Waals surface area contributed by atoms with Crippen molar-refractivity contribution < 1.29 is 8.78 Å². The van der Waals surface area contributed by atoms with Crippen LogP contribution in [-0.4, -0.2) is 33.7 Å². The molecule has 0 amide bonds. The lowest BCUT2D eigenvalue weighted by atomic mass is 10.1. The summed E-state index contributed by atoms with van der Waals surface area (Å²) in [5, 5.41) is 9.53. The summed E-state index contributed by atoms with van der Waals surface area (Å²) in [5.41, 5.74) is 3.70. The predicted molar refractivity (Wildman–Crippen MR) is 121 cm³/mol. The van der Waals surface area contributed by atoms with E-state index in [4.69, 9.17) is 0 Å². The molecule has 1 atom stereocenters. The molecule has 3 aromatic rings. The van der Waals surface area contributed by atoms with Gasteiger partial charge in [0, 0.05) is 36.8 Å². The molecule has 166 valence electrons. The van der Waals surface area contributed by atoms with Gasteiger partial charge in [-0.25, -0.2) is 23.7 Å². The summed E-state index contributed by atoms with van der Waals surface area (Å²) in [6.45, 7) is 7.71. The van der Waals surface area contributed by atoms with Crippen molar-refractivity contribution in [3.8, 4) is 11.3 Å². The third kappa shape index (κ3) is 3.62. The maximum atomic E-state index is 14.9. The Morgan fingerprint density at radius 2 is 2.00 bits per heavy atom. The van der Waals surface area contributed by atoms with Gasteiger partial charge in [-0.3, -0.25) is 0 Å². The van der Waals surface area contributed by atoms with E-state index in [1.165, 1.54) is 6.07 Å². The summed E-state index contributed by atoms with van der Waals surface area (Å²) >= 11 is 0. The van der Waals surface area contributed by atoms with Gasteiger partial charge in [0.05, 0.1) is 23.7 Å². The fraction of sp³-hybridized carbons (Fsp3) is 0.348. The minimum atomic E-state index is -0.616. The third-order valence-electron chi connectivity index (χ3n) is 5.85. The molecule has 2 aromatic heterocycles. The molecule has 0 aliphatic carbocycles. The van der Waals surface area contributed by atoms with E-state index >= 15 is 0 Å². The summed E-state index contributed by atoms with van der Waals surface area (Å²) in [4.78, 5) is 15.1. The standard InChI is InChI=1S/C23H25F2N7/c1-12(2)32-13(3)28-22-16(24)8-15(9-19(22)32)21-17(25)11-27-23(31-21)30-20-5-4-14-10-26-7-6-18(14)29-20/h4-5,8-9,11-13,26,28H,6-7,10H2,1-3H3,(H,27,29,30,31). The first kappa shape index (κ1) is 20.6. The zero-order chi connectivity index (χ0) is 22.4. The second-order valence-electron chi connectivity index (χ2n) is 8.42. The van der Waals surface area contributed by atoms with E-state index < -0.39 is 11.6 Å². The van der Waals surface area contributed by atoms with Crippen LogP contribution in [0.1, 0.15) is 32.0 Å². The van der Waals surface area contributed by atoms with Crippen molar-refractivity contribution in [1.29, 1.82) is 0 Å². The Labute approximate surface area is 185 Å². The summed E-state index contributed by atoms with van der Waals surface area (Å²) < 4.78 is 29.6. The molecule has 0 saturated heterocycles.